The molecule has 1 saturated heterocycles. The molecule has 0 saturated carbocycles. The highest BCUT2D eigenvalue weighted by atomic mass is 16.7. The number of rotatable bonds is 7. The first-order chi connectivity index (χ1) is 15.8. The fourth-order valence-corrected chi connectivity index (χ4v) is 4.24. The summed E-state index contributed by atoms with van der Waals surface area (Å²) in [5, 5.41) is 4.19. The Labute approximate surface area is 187 Å². The second-order valence-corrected chi connectivity index (χ2v) is 8.01. The maximum Gasteiger partial charge on any atom is 0.231 e. The van der Waals surface area contributed by atoms with Crippen molar-refractivity contribution >= 4 is 22.4 Å². The molecule has 0 spiro atoms. The van der Waals surface area contributed by atoms with Gasteiger partial charge in [-0.1, -0.05) is 18.9 Å². The number of anilines is 2. The molecule has 0 unspecified atom stereocenters. The van der Waals surface area contributed by atoms with Gasteiger partial charge in [0.05, 0.1) is 18.3 Å². The van der Waals surface area contributed by atoms with Gasteiger partial charge in [0.25, 0.3) is 0 Å². The van der Waals surface area contributed by atoms with E-state index in [1.165, 1.54) is 25.7 Å². The van der Waals surface area contributed by atoms with Crippen LogP contribution >= 0.6 is 0 Å². The first kappa shape index (κ1) is 20.6. The normalized spacial score (nSPS) is 16.0. The highest BCUT2D eigenvalue weighted by Crippen LogP contribution is 2.41. The second kappa shape index (κ2) is 9.48. The van der Waals surface area contributed by atoms with E-state index in [-0.39, 0.29) is 6.79 Å². The molecule has 0 radical (unpaired) electrons. The standard InChI is InChI=1S/C24H28N4O4/c1-29-21-13-17-19(14-22(21)30-12-11-28-9-4-2-3-5-10-28)25-15-26-24(17)27-18-7-6-8-20-23(18)32-16-31-20/h6-8,13-15H,2-5,9-12,16H2,1H3,(H,25,26,27). The first-order valence-electron chi connectivity index (χ1n) is 11.2. The van der Waals surface area contributed by atoms with Crippen molar-refractivity contribution < 1.29 is 18.9 Å². The summed E-state index contributed by atoms with van der Waals surface area (Å²) in [5.74, 6) is 3.40. The van der Waals surface area contributed by atoms with E-state index in [2.05, 4.69) is 20.2 Å². The Hall–Kier alpha value is -3.26. The van der Waals surface area contributed by atoms with Gasteiger partial charge in [-0.25, -0.2) is 9.97 Å². The largest absolute Gasteiger partial charge is 0.493 e. The molecule has 0 bridgehead atoms. The molecule has 168 valence electrons. The van der Waals surface area contributed by atoms with Crippen molar-refractivity contribution in [2.45, 2.75) is 25.7 Å². The maximum absolute atomic E-state index is 6.11. The second-order valence-electron chi connectivity index (χ2n) is 8.01. The third-order valence-electron chi connectivity index (χ3n) is 5.93. The van der Waals surface area contributed by atoms with Crippen molar-refractivity contribution in [1.82, 2.24) is 14.9 Å². The van der Waals surface area contributed by atoms with Crippen molar-refractivity contribution in [3.8, 4) is 23.0 Å². The molecule has 2 aromatic carbocycles. The van der Waals surface area contributed by atoms with Crippen LogP contribution < -0.4 is 24.3 Å². The minimum Gasteiger partial charge on any atom is -0.493 e. The van der Waals surface area contributed by atoms with Gasteiger partial charge in [-0.3, -0.25) is 4.90 Å². The SMILES string of the molecule is COc1cc2c(Nc3cccc4c3OCO4)ncnc2cc1OCCN1CCCCCC1. The van der Waals surface area contributed by atoms with E-state index in [1.807, 2.05) is 30.3 Å². The Morgan fingerprint density at radius 2 is 1.91 bits per heavy atom. The molecule has 8 nitrogen and oxygen atoms in total. The van der Waals surface area contributed by atoms with Crippen molar-refractivity contribution in [3.63, 3.8) is 0 Å². The molecule has 1 N–H and O–H groups in total. The number of fused-ring (bicyclic) bond motifs is 2. The maximum atomic E-state index is 6.11. The first-order valence-corrected chi connectivity index (χ1v) is 11.2. The van der Waals surface area contributed by atoms with Gasteiger partial charge in [0.2, 0.25) is 6.79 Å². The lowest BCUT2D eigenvalue weighted by molar-refractivity contribution is 0.174. The van der Waals surface area contributed by atoms with E-state index in [0.717, 1.165) is 36.2 Å². The molecule has 8 heteroatoms. The molecule has 1 fully saturated rings. The fourth-order valence-electron chi connectivity index (χ4n) is 4.24. The van der Waals surface area contributed by atoms with E-state index in [9.17, 15) is 0 Å². The average molecular weight is 437 g/mol. The van der Waals surface area contributed by atoms with Gasteiger partial charge >= 0.3 is 0 Å². The minimum absolute atomic E-state index is 0.213. The zero-order valence-corrected chi connectivity index (χ0v) is 18.3. The summed E-state index contributed by atoms with van der Waals surface area (Å²) >= 11 is 0. The quantitative estimate of drug-likeness (QED) is 0.585. The Morgan fingerprint density at radius 1 is 1.03 bits per heavy atom. The molecule has 2 aliphatic rings. The average Bonchev–Trinajstić information content (AvgIpc) is 3.16. The monoisotopic (exact) mass is 436 g/mol. The Balaban J connectivity index is 1.36. The van der Waals surface area contributed by atoms with Crippen LogP contribution in [0.25, 0.3) is 10.9 Å². The molecule has 3 aromatic rings. The Bertz CT molecular complexity index is 1080. The Kier molecular flexibility index (Phi) is 6.11. The van der Waals surface area contributed by atoms with Gasteiger partial charge in [0, 0.05) is 18.0 Å². The molecule has 5 rings (SSSR count). The summed E-state index contributed by atoms with van der Waals surface area (Å²) < 4.78 is 22.8. The number of benzene rings is 2. The summed E-state index contributed by atoms with van der Waals surface area (Å²) in [4.78, 5) is 11.4. The molecule has 32 heavy (non-hydrogen) atoms. The van der Waals surface area contributed by atoms with Gasteiger partial charge in [-0.05, 0) is 44.1 Å². The smallest absolute Gasteiger partial charge is 0.231 e. The minimum atomic E-state index is 0.213. The summed E-state index contributed by atoms with van der Waals surface area (Å²) in [6, 6.07) is 9.55. The molecule has 3 heterocycles. The number of aromatic nitrogens is 2. The lowest BCUT2D eigenvalue weighted by Gasteiger charge is -2.20. The topological polar surface area (TPSA) is 78.0 Å². The van der Waals surface area contributed by atoms with Crippen LogP contribution in [-0.2, 0) is 0 Å². The number of nitrogens with one attached hydrogen (secondary N) is 1. The van der Waals surface area contributed by atoms with E-state index >= 15 is 0 Å². The van der Waals surface area contributed by atoms with Crippen molar-refractivity contribution in [2.75, 3.05) is 45.5 Å². The van der Waals surface area contributed by atoms with Crippen LogP contribution in [0.3, 0.4) is 0 Å². The van der Waals surface area contributed by atoms with Gasteiger partial charge in [0.15, 0.2) is 23.0 Å². The summed E-state index contributed by atoms with van der Waals surface area (Å²) in [5.41, 5.74) is 1.56. The number of likely N-dealkylation sites (tertiary alicyclic amines) is 1. The predicted octanol–water partition coefficient (Wildman–Crippen LogP) is 4.37. The van der Waals surface area contributed by atoms with E-state index in [1.54, 1.807) is 13.4 Å². The van der Waals surface area contributed by atoms with Crippen LogP contribution in [0.15, 0.2) is 36.7 Å². The third-order valence-corrected chi connectivity index (χ3v) is 5.93. The van der Waals surface area contributed by atoms with Crippen LogP contribution in [-0.4, -0.2) is 55.0 Å². The molecule has 2 aliphatic heterocycles. The number of methoxy groups -OCH3 is 1. The van der Waals surface area contributed by atoms with E-state index in [4.69, 9.17) is 18.9 Å². The number of hydrogen-bond donors (Lipinski definition) is 1. The molecular weight excluding hydrogens is 408 g/mol. The summed E-state index contributed by atoms with van der Waals surface area (Å²) in [6.45, 7) is 4.05. The van der Waals surface area contributed by atoms with Crippen molar-refractivity contribution in [2.24, 2.45) is 0 Å². The lowest BCUT2D eigenvalue weighted by atomic mass is 10.2. The molecule has 0 amide bonds. The highest BCUT2D eigenvalue weighted by molar-refractivity contribution is 5.93. The zero-order valence-electron chi connectivity index (χ0n) is 18.3. The van der Waals surface area contributed by atoms with Crippen molar-refractivity contribution in [3.05, 3.63) is 36.7 Å². The zero-order chi connectivity index (χ0) is 21.8. The van der Waals surface area contributed by atoms with Crippen LogP contribution in [0.5, 0.6) is 23.0 Å². The molecular formula is C24H28N4O4. The number of hydrogen-bond acceptors (Lipinski definition) is 8. The molecule has 1 aromatic heterocycles. The van der Waals surface area contributed by atoms with E-state index < -0.39 is 0 Å². The van der Waals surface area contributed by atoms with Gasteiger partial charge in [-0.15, -0.1) is 0 Å². The summed E-state index contributed by atoms with van der Waals surface area (Å²) in [6.07, 6.45) is 6.74. The number of para-hydroxylation sites is 1. The van der Waals surface area contributed by atoms with Crippen LogP contribution in [0, 0.1) is 0 Å². The van der Waals surface area contributed by atoms with Crippen LogP contribution in [0.4, 0.5) is 11.5 Å². The van der Waals surface area contributed by atoms with E-state index in [0.29, 0.717) is 35.4 Å². The van der Waals surface area contributed by atoms with Crippen LogP contribution in [0.2, 0.25) is 0 Å². The highest BCUT2D eigenvalue weighted by Gasteiger charge is 2.19. The van der Waals surface area contributed by atoms with Crippen LogP contribution in [0.1, 0.15) is 25.7 Å². The third kappa shape index (κ3) is 4.36. The van der Waals surface area contributed by atoms with Crippen molar-refractivity contribution in [1.29, 1.82) is 0 Å². The summed E-state index contributed by atoms with van der Waals surface area (Å²) in [7, 11) is 1.65. The molecule has 0 atom stereocenters. The fraction of sp³-hybridized carbons (Fsp3) is 0.417. The lowest BCUT2D eigenvalue weighted by Crippen LogP contribution is -2.29. The Morgan fingerprint density at radius 3 is 2.75 bits per heavy atom. The number of nitrogens with zero attached hydrogens (tertiary/aromatic N) is 3. The molecule has 0 aliphatic carbocycles. The van der Waals surface area contributed by atoms with Gasteiger partial charge < -0.3 is 24.3 Å². The van der Waals surface area contributed by atoms with Gasteiger partial charge in [-0.2, -0.15) is 0 Å². The number of ether oxygens (including phenoxy) is 4. The van der Waals surface area contributed by atoms with Gasteiger partial charge in [0.1, 0.15) is 18.8 Å². The predicted molar refractivity (Wildman–Crippen MR) is 122 cm³/mol.